The van der Waals surface area contributed by atoms with Crippen LogP contribution in [0.2, 0.25) is 0 Å². The average Bonchev–Trinajstić information content (AvgIpc) is 2.47. The van der Waals surface area contributed by atoms with Gasteiger partial charge in [0.25, 0.3) is 0 Å². The molecule has 1 aromatic heterocycles. The van der Waals surface area contributed by atoms with Gasteiger partial charge >= 0.3 is 0 Å². The lowest BCUT2D eigenvalue weighted by Crippen LogP contribution is -2.46. The topological polar surface area (TPSA) is 81.6 Å². The van der Waals surface area contributed by atoms with Gasteiger partial charge in [-0.05, 0) is 26.7 Å². The number of aromatic nitrogens is 2. The van der Waals surface area contributed by atoms with E-state index >= 15 is 0 Å². The second-order valence-corrected chi connectivity index (χ2v) is 7.72. The fourth-order valence-electron chi connectivity index (χ4n) is 2.19. The maximum absolute atomic E-state index is 12.2. The Labute approximate surface area is 125 Å². The molecule has 1 atom stereocenters. The van der Waals surface area contributed by atoms with E-state index in [9.17, 15) is 8.42 Å². The molecule has 118 valence electrons. The summed E-state index contributed by atoms with van der Waals surface area (Å²) in [5.41, 5.74) is 0. The van der Waals surface area contributed by atoms with Gasteiger partial charge in [-0.2, -0.15) is 9.29 Å². The predicted octanol–water partition coefficient (Wildman–Crippen LogP) is 1.07. The van der Waals surface area contributed by atoms with Crippen molar-refractivity contribution in [3.8, 4) is 11.8 Å². The molecule has 7 nitrogen and oxygen atoms in total. The Kier molecular flexibility index (Phi) is 5.00. The minimum Gasteiger partial charge on any atom is -0.480 e. The van der Waals surface area contributed by atoms with Crippen LogP contribution >= 0.6 is 0 Å². The third-order valence-electron chi connectivity index (χ3n) is 3.38. The van der Waals surface area contributed by atoms with Crippen LogP contribution in [-0.4, -0.2) is 54.2 Å². The van der Waals surface area contributed by atoms with Gasteiger partial charge in [-0.25, -0.2) is 8.42 Å². The lowest BCUT2D eigenvalue weighted by atomic mass is 10.1. The second-order valence-electron chi connectivity index (χ2n) is 5.23. The van der Waals surface area contributed by atoms with Crippen molar-refractivity contribution in [2.24, 2.45) is 0 Å². The summed E-state index contributed by atoms with van der Waals surface area (Å²) >= 11 is 0. The fraction of sp³-hybridized carbons (Fsp3) is 0.692. The third kappa shape index (κ3) is 3.82. The zero-order valence-electron chi connectivity index (χ0n) is 12.5. The van der Waals surface area contributed by atoms with Crippen LogP contribution in [0.1, 0.15) is 26.7 Å². The number of ether oxygens (including phenoxy) is 2. The molecule has 0 saturated carbocycles. The molecule has 0 spiro atoms. The van der Waals surface area contributed by atoms with E-state index < -0.39 is 15.3 Å². The SMILES string of the molecule is COc1cncc(O[C@@H]2CCCN(S(=O)(=O)C(C)C)C2)n1. The Balaban J connectivity index is 2.04. The summed E-state index contributed by atoms with van der Waals surface area (Å²) in [5, 5.41) is -0.423. The zero-order chi connectivity index (χ0) is 15.5. The van der Waals surface area contributed by atoms with Crippen LogP contribution in [0.3, 0.4) is 0 Å². The van der Waals surface area contributed by atoms with Gasteiger partial charge in [-0.3, -0.25) is 4.98 Å². The highest BCUT2D eigenvalue weighted by Crippen LogP contribution is 2.21. The lowest BCUT2D eigenvalue weighted by Gasteiger charge is -2.32. The smallest absolute Gasteiger partial charge is 0.235 e. The van der Waals surface area contributed by atoms with Gasteiger partial charge in [0.1, 0.15) is 6.10 Å². The number of piperidine rings is 1. The summed E-state index contributed by atoms with van der Waals surface area (Å²) in [6, 6.07) is 0. The Morgan fingerprint density at radius 2 is 2.05 bits per heavy atom. The summed E-state index contributed by atoms with van der Waals surface area (Å²) < 4.78 is 36.6. The van der Waals surface area contributed by atoms with Crippen molar-refractivity contribution in [3.05, 3.63) is 12.4 Å². The van der Waals surface area contributed by atoms with E-state index in [4.69, 9.17) is 9.47 Å². The van der Waals surface area contributed by atoms with Crippen molar-refractivity contribution < 1.29 is 17.9 Å². The van der Waals surface area contributed by atoms with Crippen molar-refractivity contribution in [2.75, 3.05) is 20.2 Å². The van der Waals surface area contributed by atoms with Gasteiger partial charge < -0.3 is 9.47 Å². The lowest BCUT2D eigenvalue weighted by molar-refractivity contribution is 0.123. The first-order valence-corrected chi connectivity index (χ1v) is 8.45. The number of sulfonamides is 1. The van der Waals surface area contributed by atoms with Gasteiger partial charge in [0.05, 0.1) is 31.3 Å². The molecule has 2 heterocycles. The molecule has 1 aliphatic rings. The van der Waals surface area contributed by atoms with Crippen molar-refractivity contribution >= 4 is 10.0 Å². The molecule has 1 aromatic rings. The Hall–Kier alpha value is -1.41. The molecule has 21 heavy (non-hydrogen) atoms. The molecule has 1 fully saturated rings. The van der Waals surface area contributed by atoms with Crippen molar-refractivity contribution in [2.45, 2.75) is 38.0 Å². The Morgan fingerprint density at radius 3 is 2.71 bits per heavy atom. The number of hydrogen-bond acceptors (Lipinski definition) is 6. The highest BCUT2D eigenvalue weighted by Gasteiger charge is 2.32. The molecular weight excluding hydrogens is 294 g/mol. The van der Waals surface area contributed by atoms with E-state index in [1.54, 1.807) is 13.8 Å². The quantitative estimate of drug-likeness (QED) is 0.808. The highest BCUT2D eigenvalue weighted by molar-refractivity contribution is 7.89. The standard InChI is InChI=1S/C13H21N3O4S/c1-10(2)21(17,18)16-6-4-5-11(9-16)20-13-8-14-7-12(15-13)19-3/h7-8,10-11H,4-6,9H2,1-3H3/t11-/m1/s1. The number of rotatable bonds is 5. The van der Waals surface area contributed by atoms with Gasteiger partial charge in [0, 0.05) is 6.54 Å². The predicted molar refractivity (Wildman–Crippen MR) is 77.9 cm³/mol. The first-order chi connectivity index (χ1) is 9.93. The van der Waals surface area contributed by atoms with Crippen LogP contribution < -0.4 is 9.47 Å². The average molecular weight is 315 g/mol. The monoisotopic (exact) mass is 315 g/mol. The summed E-state index contributed by atoms with van der Waals surface area (Å²) in [6.07, 6.45) is 4.34. The summed E-state index contributed by atoms with van der Waals surface area (Å²) in [4.78, 5) is 8.11. The van der Waals surface area contributed by atoms with Crippen LogP contribution in [0.25, 0.3) is 0 Å². The number of hydrogen-bond donors (Lipinski definition) is 0. The molecule has 8 heteroatoms. The van der Waals surface area contributed by atoms with E-state index in [1.807, 2.05) is 0 Å². The second kappa shape index (κ2) is 6.57. The number of nitrogens with zero attached hydrogens (tertiary/aromatic N) is 3. The highest BCUT2D eigenvalue weighted by atomic mass is 32.2. The van der Waals surface area contributed by atoms with Crippen molar-refractivity contribution in [1.82, 2.24) is 14.3 Å². The molecule has 0 aromatic carbocycles. The zero-order valence-corrected chi connectivity index (χ0v) is 13.3. The third-order valence-corrected chi connectivity index (χ3v) is 5.63. The van der Waals surface area contributed by atoms with Crippen LogP contribution in [0.5, 0.6) is 11.8 Å². The van der Waals surface area contributed by atoms with Gasteiger partial charge in [0.15, 0.2) is 0 Å². The first kappa shape index (κ1) is 16.0. The van der Waals surface area contributed by atoms with E-state index in [0.29, 0.717) is 24.8 Å². The van der Waals surface area contributed by atoms with Crippen LogP contribution in [0, 0.1) is 0 Å². The Bertz CT molecular complexity index is 577. The number of methoxy groups -OCH3 is 1. The van der Waals surface area contributed by atoms with Gasteiger partial charge in [-0.1, -0.05) is 0 Å². The molecule has 1 saturated heterocycles. The minimum absolute atomic E-state index is 0.214. The van der Waals surface area contributed by atoms with Crippen molar-refractivity contribution in [3.63, 3.8) is 0 Å². The molecular formula is C13H21N3O4S. The summed E-state index contributed by atoms with van der Waals surface area (Å²) in [6.45, 7) is 4.27. The van der Waals surface area contributed by atoms with Gasteiger partial charge in [0.2, 0.25) is 21.8 Å². The maximum Gasteiger partial charge on any atom is 0.235 e. The molecule has 0 amide bonds. The van der Waals surface area contributed by atoms with Crippen LogP contribution in [-0.2, 0) is 10.0 Å². The van der Waals surface area contributed by atoms with E-state index in [-0.39, 0.29) is 6.10 Å². The Morgan fingerprint density at radius 1 is 1.33 bits per heavy atom. The fourth-order valence-corrected chi connectivity index (χ4v) is 3.54. The first-order valence-electron chi connectivity index (χ1n) is 6.95. The van der Waals surface area contributed by atoms with Crippen LogP contribution in [0.15, 0.2) is 12.4 Å². The summed E-state index contributed by atoms with van der Waals surface area (Å²) in [7, 11) is -1.74. The summed E-state index contributed by atoms with van der Waals surface area (Å²) in [5.74, 6) is 0.720. The molecule has 2 rings (SSSR count). The maximum atomic E-state index is 12.2. The van der Waals surface area contributed by atoms with Crippen LogP contribution in [0.4, 0.5) is 0 Å². The largest absolute Gasteiger partial charge is 0.480 e. The van der Waals surface area contributed by atoms with E-state index in [0.717, 1.165) is 12.8 Å². The van der Waals surface area contributed by atoms with E-state index in [2.05, 4.69) is 9.97 Å². The normalized spacial score (nSPS) is 20.5. The molecule has 0 aliphatic carbocycles. The molecule has 0 unspecified atom stereocenters. The molecule has 0 radical (unpaired) electrons. The molecule has 0 N–H and O–H groups in total. The molecule has 0 bridgehead atoms. The van der Waals surface area contributed by atoms with E-state index in [1.165, 1.54) is 23.8 Å². The minimum atomic E-state index is -3.25. The van der Waals surface area contributed by atoms with Gasteiger partial charge in [-0.15, -0.1) is 0 Å². The van der Waals surface area contributed by atoms with Crippen molar-refractivity contribution in [1.29, 1.82) is 0 Å². The molecule has 1 aliphatic heterocycles.